The minimum atomic E-state index is -0.0708. The van der Waals surface area contributed by atoms with Gasteiger partial charge in [0.2, 0.25) is 5.89 Å². The number of nitrogens with one attached hydrogen (secondary N) is 1. The third kappa shape index (κ3) is 4.32. The molecule has 1 aromatic carbocycles. The number of aryl methyl sites for hydroxylation is 1. The minimum absolute atomic E-state index is 0.0708. The number of benzene rings is 1. The van der Waals surface area contributed by atoms with E-state index in [0.717, 1.165) is 17.7 Å². The normalized spacial score (nSPS) is 16.4. The number of aromatic nitrogens is 2. The van der Waals surface area contributed by atoms with Gasteiger partial charge in [0.05, 0.1) is 14.2 Å². The molecule has 0 aliphatic carbocycles. The van der Waals surface area contributed by atoms with Crippen LogP contribution in [0.25, 0.3) is 0 Å². The quantitative estimate of drug-likeness (QED) is 0.800. The predicted octanol–water partition coefficient (Wildman–Crippen LogP) is 2.39. The zero-order valence-electron chi connectivity index (χ0n) is 16.0. The summed E-state index contributed by atoms with van der Waals surface area (Å²) in [6.07, 6.45) is 2.15. The fourth-order valence-corrected chi connectivity index (χ4v) is 3.36. The summed E-state index contributed by atoms with van der Waals surface area (Å²) in [6.45, 7) is 3.79. The summed E-state index contributed by atoms with van der Waals surface area (Å²) in [5.74, 6) is 2.92. The SMILES string of the molecule is CCc1nc(CCNC(=O)N2CC[C@H](c3cccc(OC)c3OC)C2)no1. The molecular weight excluding hydrogens is 348 g/mol. The highest BCUT2D eigenvalue weighted by atomic mass is 16.5. The van der Waals surface area contributed by atoms with Crippen molar-refractivity contribution in [3.05, 3.63) is 35.5 Å². The Labute approximate surface area is 158 Å². The maximum atomic E-state index is 12.4. The van der Waals surface area contributed by atoms with Gasteiger partial charge in [0, 0.05) is 44.0 Å². The summed E-state index contributed by atoms with van der Waals surface area (Å²) in [5, 5.41) is 6.82. The molecule has 8 nitrogen and oxygen atoms in total. The van der Waals surface area contributed by atoms with Crippen LogP contribution >= 0.6 is 0 Å². The van der Waals surface area contributed by atoms with E-state index in [9.17, 15) is 4.79 Å². The Hall–Kier alpha value is -2.77. The number of para-hydroxylation sites is 1. The van der Waals surface area contributed by atoms with E-state index < -0.39 is 0 Å². The summed E-state index contributed by atoms with van der Waals surface area (Å²) in [6, 6.07) is 5.80. The van der Waals surface area contributed by atoms with Crippen LogP contribution in [-0.2, 0) is 12.8 Å². The standard InChI is InChI=1S/C19H26N4O4/c1-4-17-21-16(22-27-17)8-10-20-19(24)23-11-9-13(12-23)14-6-5-7-15(25-2)18(14)26-3/h5-7,13H,4,8-12H2,1-3H3,(H,20,24)/t13-/m0/s1. The molecule has 27 heavy (non-hydrogen) atoms. The lowest BCUT2D eigenvalue weighted by Crippen LogP contribution is -2.39. The Kier molecular flexibility index (Phi) is 6.16. The largest absolute Gasteiger partial charge is 0.493 e. The zero-order valence-corrected chi connectivity index (χ0v) is 16.0. The Bertz CT molecular complexity index is 777. The van der Waals surface area contributed by atoms with Crippen LogP contribution in [0.5, 0.6) is 11.5 Å². The van der Waals surface area contributed by atoms with Gasteiger partial charge in [-0.15, -0.1) is 0 Å². The maximum absolute atomic E-state index is 12.4. The van der Waals surface area contributed by atoms with E-state index in [-0.39, 0.29) is 11.9 Å². The lowest BCUT2D eigenvalue weighted by atomic mass is 9.97. The van der Waals surface area contributed by atoms with Crippen molar-refractivity contribution >= 4 is 6.03 Å². The number of hydrogen-bond acceptors (Lipinski definition) is 6. The highest BCUT2D eigenvalue weighted by Crippen LogP contribution is 2.39. The van der Waals surface area contributed by atoms with E-state index in [1.54, 1.807) is 14.2 Å². The molecule has 0 radical (unpaired) electrons. The number of rotatable bonds is 7. The second-order valence-electron chi connectivity index (χ2n) is 6.45. The van der Waals surface area contributed by atoms with Crippen molar-refractivity contribution in [3.63, 3.8) is 0 Å². The smallest absolute Gasteiger partial charge is 0.317 e. The maximum Gasteiger partial charge on any atom is 0.317 e. The van der Waals surface area contributed by atoms with E-state index in [4.69, 9.17) is 14.0 Å². The van der Waals surface area contributed by atoms with E-state index in [2.05, 4.69) is 15.5 Å². The Morgan fingerprint density at radius 3 is 2.93 bits per heavy atom. The first-order valence-corrected chi connectivity index (χ1v) is 9.21. The number of hydrogen-bond donors (Lipinski definition) is 1. The molecule has 146 valence electrons. The molecule has 1 fully saturated rings. The fraction of sp³-hybridized carbons (Fsp3) is 0.526. The third-order valence-electron chi connectivity index (χ3n) is 4.79. The van der Waals surface area contributed by atoms with Gasteiger partial charge in [-0.2, -0.15) is 4.98 Å². The number of ether oxygens (including phenoxy) is 2. The van der Waals surface area contributed by atoms with Gasteiger partial charge in [0.25, 0.3) is 0 Å². The highest BCUT2D eigenvalue weighted by Gasteiger charge is 2.30. The van der Waals surface area contributed by atoms with Gasteiger partial charge in [0.1, 0.15) is 0 Å². The summed E-state index contributed by atoms with van der Waals surface area (Å²) < 4.78 is 16.0. The van der Waals surface area contributed by atoms with Gasteiger partial charge >= 0.3 is 6.03 Å². The second-order valence-corrected chi connectivity index (χ2v) is 6.45. The lowest BCUT2D eigenvalue weighted by molar-refractivity contribution is 0.208. The molecule has 1 atom stereocenters. The molecule has 1 aliphatic heterocycles. The van der Waals surface area contributed by atoms with Crippen LogP contribution in [0, 0.1) is 0 Å². The van der Waals surface area contributed by atoms with Crippen LogP contribution in [0.15, 0.2) is 22.7 Å². The molecule has 1 saturated heterocycles. The molecule has 0 bridgehead atoms. The highest BCUT2D eigenvalue weighted by molar-refractivity contribution is 5.74. The van der Waals surface area contributed by atoms with E-state index >= 15 is 0 Å². The number of urea groups is 1. The van der Waals surface area contributed by atoms with Crippen LogP contribution in [0.3, 0.4) is 0 Å². The average Bonchev–Trinajstić information content (AvgIpc) is 3.36. The molecule has 2 amide bonds. The predicted molar refractivity (Wildman–Crippen MR) is 99.3 cm³/mol. The number of amides is 2. The fourth-order valence-electron chi connectivity index (χ4n) is 3.36. The molecule has 1 N–H and O–H groups in total. The topological polar surface area (TPSA) is 89.7 Å². The molecular formula is C19H26N4O4. The lowest BCUT2D eigenvalue weighted by Gasteiger charge is -2.19. The van der Waals surface area contributed by atoms with Gasteiger partial charge in [0.15, 0.2) is 17.3 Å². The zero-order chi connectivity index (χ0) is 19.2. The summed E-state index contributed by atoms with van der Waals surface area (Å²) in [7, 11) is 3.27. The van der Waals surface area contributed by atoms with Crippen molar-refractivity contribution < 1.29 is 18.8 Å². The van der Waals surface area contributed by atoms with Gasteiger partial charge in [-0.05, 0) is 12.5 Å². The van der Waals surface area contributed by atoms with Gasteiger partial charge in [-0.1, -0.05) is 24.2 Å². The summed E-state index contributed by atoms with van der Waals surface area (Å²) in [5.41, 5.74) is 1.08. The number of methoxy groups -OCH3 is 2. The van der Waals surface area contributed by atoms with Gasteiger partial charge in [-0.25, -0.2) is 4.79 Å². The molecule has 3 rings (SSSR count). The van der Waals surface area contributed by atoms with Crippen LogP contribution < -0.4 is 14.8 Å². The number of carbonyl (C=O) groups is 1. The summed E-state index contributed by atoms with van der Waals surface area (Å²) in [4.78, 5) is 18.5. The van der Waals surface area contributed by atoms with Crippen molar-refractivity contribution in [2.45, 2.75) is 32.1 Å². The van der Waals surface area contributed by atoms with Crippen molar-refractivity contribution in [2.75, 3.05) is 33.9 Å². The molecule has 0 spiro atoms. The second kappa shape index (κ2) is 8.75. The first-order valence-electron chi connectivity index (χ1n) is 9.21. The molecule has 0 unspecified atom stereocenters. The van der Waals surface area contributed by atoms with Crippen LogP contribution in [-0.4, -0.2) is 54.9 Å². The van der Waals surface area contributed by atoms with E-state index in [1.165, 1.54) is 0 Å². The molecule has 1 aromatic heterocycles. The number of likely N-dealkylation sites (tertiary alicyclic amines) is 1. The third-order valence-corrected chi connectivity index (χ3v) is 4.79. The minimum Gasteiger partial charge on any atom is -0.493 e. The van der Waals surface area contributed by atoms with E-state index in [1.807, 2.05) is 30.0 Å². The first-order chi connectivity index (χ1) is 13.2. The van der Waals surface area contributed by atoms with Crippen molar-refractivity contribution in [1.29, 1.82) is 0 Å². The van der Waals surface area contributed by atoms with Gasteiger partial charge in [-0.3, -0.25) is 0 Å². The Morgan fingerprint density at radius 2 is 2.22 bits per heavy atom. The number of carbonyl (C=O) groups excluding carboxylic acids is 1. The Morgan fingerprint density at radius 1 is 1.37 bits per heavy atom. The van der Waals surface area contributed by atoms with Gasteiger partial charge < -0.3 is 24.2 Å². The molecule has 2 aromatic rings. The number of nitrogens with zero attached hydrogens (tertiary/aromatic N) is 3. The molecule has 2 heterocycles. The monoisotopic (exact) mass is 374 g/mol. The van der Waals surface area contributed by atoms with Crippen molar-refractivity contribution in [1.82, 2.24) is 20.4 Å². The Balaban J connectivity index is 1.54. The van der Waals surface area contributed by atoms with Crippen LogP contribution in [0.4, 0.5) is 4.79 Å². The molecule has 1 aliphatic rings. The van der Waals surface area contributed by atoms with Crippen LogP contribution in [0.1, 0.15) is 36.5 Å². The van der Waals surface area contributed by atoms with E-state index in [0.29, 0.717) is 49.9 Å². The summed E-state index contributed by atoms with van der Waals surface area (Å²) >= 11 is 0. The molecule has 8 heteroatoms. The van der Waals surface area contributed by atoms with Crippen molar-refractivity contribution in [2.24, 2.45) is 0 Å². The van der Waals surface area contributed by atoms with Crippen LogP contribution in [0.2, 0.25) is 0 Å². The molecule has 0 saturated carbocycles. The van der Waals surface area contributed by atoms with Crippen molar-refractivity contribution in [3.8, 4) is 11.5 Å². The first kappa shape index (κ1) is 19.0. The average molecular weight is 374 g/mol.